The summed E-state index contributed by atoms with van der Waals surface area (Å²) in [5.41, 5.74) is 2.37. The summed E-state index contributed by atoms with van der Waals surface area (Å²) in [5, 5.41) is 3.77. The number of aromatic nitrogens is 2. The van der Waals surface area contributed by atoms with Crippen molar-refractivity contribution in [1.82, 2.24) is 15.3 Å². The molecule has 2 aliphatic heterocycles. The first-order valence-corrected chi connectivity index (χ1v) is 6.23. The SMILES string of the molecule is Clc1nc2c(c(N3CCCC3)n1)CNCC2. The summed E-state index contributed by atoms with van der Waals surface area (Å²) in [7, 11) is 0. The van der Waals surface area contributed by atoms with Gasteiger partial charge in [0.2, 0.25) is 5.28 Å². The first kappa shape index (κ1) is 10.3. The van der Waals surface area contributed by atoms with Crippen LogP contribution in [-0.2, 0) is 13.0 Å². The highest BCUT2D eigenvalue weighted by Crippen LogP contribution is 2.27. The van der Waals surface area contributed by atoms with Gasteiger partial charge in [-0.25, -0.2) is 9.97 Å². The molecular weight excluding hydrogens is 224 g/mol. The van der Waals surface area contributed by atoms with Crippen molar-refractivity contribution in [2.75, 3.05) is 24.5 Å². The predicted octanol–water partition coefficient (Wildman–Crippen LogP) is 1.38. The number of halogens is 1. The number of nitrogens with zero attached hydrogens (tertiary/aromatic N) is 3. The third-order valence-corrected chi connectivity index (χ3v) is 3.46. The zero-order valence-electron chi connectivity index (χ0n) is 9.17. The van der Waals surface area contributed by atoms with Gasteiger partial charge in [0.25, 0.3) is 0 Å². The van der Waals surface area contributed by atoms with Crippen molar-refractivity contribution in [1.29, 1.82) is 0 Å². The van der Waals surface area contributed by atoms with Gasteiger partial charge in [0, 0.05) is 38.2 Å². The Morgan fingerprint density at radius 2 is 2.00 bits per heavy atom. The average molecular weight is 239 g/mol. The van der Waals surface area contributed by atoms with Gasteiger partial charge in [-0.3, -0.25) is 0 Å². The second kappa shape index (κ2) is 4.18. The van der Waals surface area contributed by atoms with Crippen LogP contribution in [0.2, 0.25) is 5.28 Å². The maximum absolute atomic E-state index is 5.99. The van der Waals surface area contributed by atoms with Gasteiger partial charge in [-0.05, 0) is 24.4 Å². The molecule has 3 rings (SSSR count). The van der Waals surface area contributed by atoms with Crippen molar-refractivity contribution in [3.63, 3.8) is 0 Å². The summed E-state index contributed by atoms with van der Waals surface area (Å²) in [4.78, 5) is 11.1. The van der Waals surface area contributed by atoms with Crippen LogP contribution in [-0.4, -0.2) is 29.6 Å². The van der Waals surface area contributed by atoms with E-state index in [2.05, 4.69) is 20.2 Å². The molecule has 0 spiro atoms. The van der Waals surface area contributed by atoms with Crippen molar-refractivity contribution in [3.05, 3.63) is 16.5 Å². The van der Waals surface area contributed by atoms with E-state index in [-0.39, 0.29) is 0 Å². The Morgan fingerprint density at radius 1 is 1.19 bits per heavy atom. The van der Waals surface area contributed by atoms with Crippen LogP contribution in [0.5, 0.6) is 0 Å². The molecule has 0 amide bonds. The molecule has 1 saturated heterocycles. The summed E-state index contributed by atoms with van der Waals surface area (Å²) in [6, 6.07) is 0. The quantitative estimate of drug-likeness (QED) is 0.751. The molecule has 0 unspecified atom stereocenters. The van der Waals surface area contributed by atoms with Crippen molar-refractivity contribution in [2.45, 2.75) is 25.8 Å². The summed E-state index contributed by atoms with van der Waals surface area (Å²) >= 11 is 5.99. The number of rotatable bonds is 1. The first-order valence-electron chi connectivity index (χ1n) is 5.85. The minimum absolute atomic E-state index is 0.391. The highest BCUT2D eigenvalue weighted by molar-refractivity contribution is 6.28. The van der Waals surface area contributed by atoms with Gasteiger partial charge >= 0.3 is 0 Å². The number of hydrogen-bond donors (Lipinski definition) is 1. The fraction of sp³-hybridized carbons (Fsp3) is 0.636. The Bertz CT molecular complexity index is 401. The van der Waals surface area contributed by atoms with Crippen LogP contribution in [0.25, 0.3) is 0 Å². The fourth-order valence-electron chi connectivity index (χ4n) is 2.49. The zero-order valence-corrected chi connectivity index (χ0v) is 9.93. The molecule has 1 fully saturated rings. The first-order chi connectivity index (χ1) is 7.84. The van der Waals surface area contributed by atoms with E-state index in [0.29, 0.717) is 5.28 Å². The van der Waals surface area contributed by atoms with E-state index in [1.807, 2.05) is 0 Å². The lowest BCUT2D eigenvalue weighted by Gasteiger charge is -2.24. The van der Waals surface area contributed by atoms with Crippen LogP contribution in [0.15, 0.2) is 0 Å². The van der Waals surface area contributed by atoms with Crippen molar-refractivity contribution in [2.24, 2.45) is 0 Å². The van der Waals surface area contributed by atoms with Gasteiger partial charge in [-0.2, -0.15) is 0 Å². The zero-order chi connectivity index (χ0) is 11.0. The third-order valence-electron chi connectivity index (χ3n) is 3.29. The monoisotopic (exact) mass is 238 g/mol. The Hall–Kier alpha value is -0.870. The minimum atomic E-state index is 0.391. The smallest absolute Gasteiger partial charge is 0.224 e. The molecule has 0 atom stereocenters. The minimum Gasteiger partial charge on any atom is -0.356 e. The summed E-state index contributed by atoms with van der Waals surface area (Å²) in [5.74, 6) is 1.06. The second-order valence-corrected chi connectivity index (χ2v) is 4.70. The Kier molecular flexibility index (Phi) is 2.69. The number of nitrogens with one attached hydrogen (secondary N) is 1. The molecule has 3 heterocycles. The molecule has 1 N–H and O–H groups in total. The van der Waals surface area contributed by atoms with E-state index in [1.165, 1.54) is 18.4 Å². The topological polar surface area (TPSA) is 41.1 Å². The maximum Gasteiger partial charge on any atom is 0.224 e. The lowest BCUT2D eigenvalue weighted by Crippen LogP contribution is -2.29. The summed E-state index contributed by atoms with van der Waals surface area (Å²) in [6.07, 6.45) is 3.46. The summed E-state index contributed by atoms with van der Waals surface area (Å²) in [6.45, 7) is 4.05. The average Bonchev–Trinajstić information content (AvgIpc) is 2.81. The standard InChI is InChI=1S/C11H15ClN4/c12-11-14-9-3-4-13-7-8(9)10(15-11)16-5-1-2-6-16/h13H,1-7H2. The van der Waals surface area contributed by atoms with Crippen molar-refractivity contribution >= 4 is 17.4 Å². The van der Waals surface area contributed by atoms with Gasteiger partial charge in [-0.15, -0.1) is 0 Å². The molecule has 86 valence electrons. The van der Waals surface area contributed by atoms with Crippen molar-refractivity contribution < 1.29 is 0 Å². The van der Waals surface area contributed by atoms with E-state index in [9.17, 15) is 0 Å². The Balaban J connectivity index is 2.04. The fourth-order valence-corrected chi connectivity index (χ4v) is 2.67. The molecular formula is C11H15ClN4. The number of anilines is 1. The van der Waals surface area contributed by atoms with Gasteiger partial charge in [0.1, 0.15) is 5.82 Å². The van der Waals surface area contributed by atoms with Crippen LogP contribution >= 0.6 is 11.6 Å². The van der Waals surface area contributed by atoms with Crippen LogP contribution in [0.4, 0.5) is 5.82 Å². The normalized spacial score (nSPS) is 19.9. The lowest BCUT2D eigenvalue weighted by atomic mass is 10.1. The number of hydrogen-bond acceptors (Lipinski definition) is 4. The molecule has 0 radical (unpaired) electrons. The van der Waals surface area contributed by atoms with Gasteiger partial charge in [-0.1, -0.05) is 0 Å². The predicted molar refractivity (Wildman–Crippen MR) is 63.9 cm³/mol. The Morgan fingerprint density at radius 3 is 2.81 bits per heavy atom. The molecule has 0 bridgehead atoms. The molecule has 2 aliphatic rings. The largest absolute Gasteiger partial charge is 0.356 e. The van der Waals surface area contributed by atoms with E-state index >= 15 is 0 Å². The molecule has 5 heteroatoms. The van der Waals surface area contributed by atoms with Gasteiger partial charge < -0.3 is 10.2 Å². The highest BCUT2D eigenvalue weighted by atomic mass is 35.5. The van der Waals surface area contributed by atoms with E-state index in [1.54, 1.807) is 0 Å². The third kappa shape index (κ3) is 1.76. The van der Waals surface area contributed by atoms with E-state index in [4.69, 9.17) is 11.6 Å². The molecule has 1 aromatic heterocycles. The molecule has 4 nitrogen and oxygen atoms in total. The Labute approximate surface area is 100 Å². The van der Waals surface area contributed by atoms with Gasteiger partial charge in [0.05, 0.1) is 5.69 Å². The lowest BCUT2D eigenvalue weighted by molar-refractivity contribution is 0.623. The van der Waals surface area contributed by atoms with Crippen LogP contribution in [0.1, 0.15) is 24.1 Å². The van der Waals surface area contributed by atoms with Crippen molar-refractivity contribution in [3.8, 4) is 0 Å². The molecule has 0 saturated carbocycles. The highest BCUT2D eigenvalue weighted by Gasteiger charge is 2.22. The summed E-state index contributed by atoms with van der Waals surface area (Å²) < 4.78 is 0. The van der Waals surface area contributed by atoms with Gasteiger partial charge in [0.15, 0.2) is 0 Å². The van der Waals surface area contributed by atoms with Crippen LogP contribution in [0, 0.1) is 0 Å². The van der Waals surface area contributed by atoms with E-state index in [0.717, 1.165) is 44.1 Å². The van der Waals surface area contributed by atoms with Crippen LogP contribution < -0.4 is 10.2 Å². The number of fused-ring (bicyclic) bond motifs is 1. The maximum atomic E-state index is 5.99. The van der Waals surface area contributed by atoms with Crippen LogP contribution in [0.3, 0.4) is 0 Å². The molecule has 16 heavy (non-hydrogen) atoms. The molecule has 0 aliphatic carbocycles. The molecule has 0 aromatic carbocycles. The second-order valence-electron chi connectivity index (χ2n) is 4.36. The van der Waals surface area contributed by atoms with E-state index < -0.39 is 0 Å². The molecule has 1 aromatic rings.